The smallest absolute Gasteiger partial charge is 0.335 e. The minimum absolute atomic E-state index is 0.0427. The fraction of sp³-hybridized carbons (Fsp3) is 0.219. The van der Waals surface area contributed by atoms with Gasteiger partial charge in [0.25, 0.3) is 20.2 Å². The number of nitrogens with zero attached hydrogens (tertiary/aromatic N) is 2. The van der Waals surface area contributed by atoms with Crippen LogP contribution in [0.15, 0.2) is 102 Å². The van der Waals surface area contributed by atoms with Crippen molar-refractivity contribution in [3.63, 3.8) is 0 Å². The van der Waals surface area contributed by atoms with Crippen molar-refractivity contribution in [1.29, 1.82) is 0 Å². The molecule has 0 radical (unpaired) electrons. The van der Waals surface area contributed by atoms with Gasteiger partial charge in [-0.1, -0.05) is 36.4 Å². The third-order valence-corrected chi connectivity index (χ3v) is 9.18. The largest absolute Gasteiger partial charge is 0.478 e. The number of rotatable bonds is 12. The van der Waals surface area contributed by atoms with Crippen molar-refractivity contribution in [2.75, 3.05) is 17.2 Å². The maximum absolute atomic E-state index is 12.3. The Kier molecular flexibility index (Phi) is 9.88. The molecule has 0 aliphatic carbocycles. The molecule has 3 aromatic rings. The van der Waals surface area contributed by atoms with Crippen LogP contribution in [0.5, 0.6) is 0 Å². The first kappa shape index (κ1) is 33.5. The van der Waals surface area contributed by atoms with Crippen LogP contribution in [0.1, 0.15) is 41.8 Å². The first-order valence-corrected chi connectivity index (χ1v) is 16.9. The Hall–Kier alpha value is -4.43. The van der Waals surface area contributed by atoms with E-state index in [0.29, 0.717) is 22.6 Å². The molecule has 3 N–H and O–H groups in total. The quantitative estimate of drug-likeness (QED) is 0.143. The number of anilines is 1. The van der Waals surface area contributed by atoms with Gasteiger partial charge in [-0.25, -0.2) is 4.79 Å². The van der Waals surface area contributed by atoms with E-state index in [2.05, 4.69) is 0 Å². The van der Waals surface area contributed by atoms with E-state index in [1.807, 2.05) is 17.6 Å². The zero-order chi connectivity index (χ0) is 33.0. The summed E-state index contributed by atoms with van der Waals surface area (Å²) in [5, 5.41) is 9.34. The molecule has 0 saturated heterocycles. The van der Waals surface area contributed by atoms with Crippen molar-refractivity contribution in [3.8, 4) is 0 Å². The van der Waals surface area contributed by atoms with E-state index in [0.717, 1.165) is 5.56 Å². The second kappa shape index (κ2) is 13.3. The highest BCUT2D eigenvalue weighted by atomic mass is 32.2. The van der Waals surface area contributed by atoms with E-state index in [9.17, 15) is 40.6 Å². The second-order valence-corrected chi connectivity index (χ2v) is 13.8. The van der Waals surface area contributed by atoms with Crippen molar-refractivity contribution >= 4 is 49.2 Å². The minimum atomic E-state index is -4.57. The predicted molar refractivity (Wildman–Crippen MR) is 169 cm³/mol. The standard InChI is InChI=1S/C32H32N2O9S2/c1-23(35)33(26-9-4-3-5-10-26)18-7-6-11-30-32(2,22-24-12-14-25(15-13-24)31(36)37)28-21-27(45(41,42)43)16-17-29(28)34(30)19-8-20-44(38,39)40/h3-7,9-18,21H,8,19-20,22H2,1-2H3,(H2-,36,37,38,39,40,41,42,43)/p+1. The molecule has 1 atom stereocenters. The zero-order valence-electron chi connectivity index (χ0n) is 24.6. The first-order chi connectivity index (χ1) is 21.1. The summed E-state index contributed by atoms with van der Waals surface area (Å²) in [6.07, 6.45) is 7.04. The van der Waals surface area contributed by atoms with Crippen LogP contribution in [0, 0.1) is 0 Å². The lowest BCUT2D eigenvalue weighted by molar-refractivity contribution is -0.437. The molecule has 3 aromatic carbocycles. The number of carboxylic acid groups (broad SMARTS) is 1. The van der Waals surface area contributed by atoms with Crippen molar-refractivity contribution in [3.05, 3.63) is 114 Å². The number of carboxylic acids is 1. The molecule has 0 bridgehead atoms. The van der Waals surface area contributed by atoms with Crippen LogP contribution in [0.2, 0.25) is 0 Å². The number of amides is 1. The Bertz CT molecular complexity index is 1920. The normalized spacial score (nSPS) is 16.8. The molecule has 1 amide bonds. The van der Waals surface area contributed by atoms with Gasteiger partial charge in [0.2, 0.25) is 11.6 Å². The minimum Gasteiger partial charge on any atom is -0.478 e. The van der Waals surface area contributed by atoms with E-state index >= 15 is 0 Å². The van der Waals surface area contributed by atoms with Gasteiger partial charge in [-0.2, -0.15) is 21.4 Å². The topological polar surface area (TPSA) is 169 Å². The van der Waals surface area contributed by atoms with Crippen LogP contribution in [-0.2, 0) is 36.9 Å². The molecule has 236 valence electrons. The van der Waals surface area contributed by atoms with E-state index in [1.54, 1.807) is 60.8 Å². The van der Waals surface area contributed by atoms with E-state index in [1.165, 1.54) is 42.2 Å². The molecular weight excluding hydrogens is 620 g/mol. The molecule has 0 spiro atoms. The molecule has 13 heteroatoms. The SMILES string of the molecule is CC(=O)N(/C=C/C=C/C1=[N+](CCCS(=O)(=O)O)c2ccc(S(=O)(=O)O)cc2C1(C)Cc1ccc(C(=O)O)cc1)c1ccccc1. The number of carbonyl (C=O) groups excluding carboxylic acids is 1. The average Bonchev–Trinajstić information content (AvgIpc) is 3.18. The molecular formula is C32H33N2O9S2+. The maximum Gasteiger partial charge on any atom is 0.335 e. The Balaban J connectivity index is 1.84. The predicted octanol–water partition coefficient (Wildman–Crippen LogP) is 4.63. The molecule has 11 nitrogen and oxygen atoms in total. The summed E-state index contributed by atoms with van der Waals surface area (Å²) < 4.78 is 68.3. The van der Waals surface area contributed by atoms with E-state index < -0.39 is 37.4 Å². The van der Waals surface area contributed by atoms with Gasteiger partial charge in [0.1, 0.15) is 6.54 Å². The van der Waals surface area contributed by atoms with Crippen LogP contribution in [-0.4, -0.2) is 65.5 Å². The summed E-state index contributed by atoms with van der Waals surface area (Å²) in [6.45, 7) is 3.43. The lowest BCUT2D eigenvalue weighted by atomic mass is 9.74. The lowest BCUT2D eigenvalue weighted by Gasteiger charge is -2.23. The molecule has 1 aliphatic rings. The van der Waals surface area contributed by atoms with Crippen molar-refractivity contribution in [2.45, 2.75) is 37.0 Å². The number of hydrogen-bond donors (Lipinski definition) is 3. The number of carbonyl (C=O) groups is 2. The fourth-order valence-electron chi connectivity index (χ4n) is 5.44. The van der Waals surface area contributed by atoms with Gasteiger partial charge in [-0.05, 0) is 61.4 Å². The molecule has 45 heavy (non-hydrogen) atoms. The molecule has 1 aliphatic heterocycles. The van der Waals surface area contributed by atoms with E-state index in [-0.39, 0.29) is 35.8 Å². The van der Waals surface area contributed by atoms with Crippen molar-refractivity contribution < 1.29 is 45.2 Å². The second-order valence-electron chi connectivity index (χ2n) is 10.8. The summed E-state index contributed by atoms with van der Waals surface area (Å²) in [4.78, 5) is 24.9. The Morgan fingerprint density at radius 2 is 1.60 bits per heavy atom. The molecule has 0 fully saturated rings. The van der Waals surface area contributed by atoms with Crippen molar-refractivity contribution in [1.82, 2.24) is 0 Å². The third kappa shape index (κ3) is 8.00. The summed E-state index contributed by atoms with van der Waals surface area (Å²) in [5.41, 5.74) is 2.28. The number of para-hydroxylation sites is 1. The lowest BCUT2D eigenvalue weighted by Crippen LogP contribution is -2.34. The molecule has 1 heterocycles. The highest BCUT2D eigenvalue weighted by Gasteiger charge is 2.48. The van der Waals surface area contributed by atoms with Crippen LogP contribution in [0.25, 0.3) is 0 Å². The first-order valence-electron chi connectivity index (χ1n) is 13.8. The number of benzene rings is 3. The molecule has 1 unspecified atom stereocenters. The van der Waals surface area contributed by atoms with Crippen LogP contribution in [0.3, 0.4) is 0 Å². The Morgan fingerprint density at radius 1 is 0.933 bits per heavy atom. The van der Waals surface area contributed by atoms with E-state index in [4.69, 9.17) is 0 Å². The number of fused-ring (bicyclic) bond motifs is 1. The monoisotopic (exact) mass is 653 g/mol. The van der Waals surface area contributed by atoms with Gasteiger partial charge in [-0.3, -0.25) is 18.8 Å². The highest BCUT2D eigenvalue weighted by molar-refractivity contribution is 7.86. The van der Waals surface area contributed by atoms with Crippen molar-refractivity contribution in [2.24, 2.45) is 0 Å². The fourth-order valence-corrected chi connectivity index (χ4v) is 6.44. The summed E-state index contributed by atoms with van der Waals surface area (Å²) in [7, 11) is -8.82. The molecule has 0 aromatic heterocycles. The molecule has 4 rings (SSSR count). The maximum atomic E-state index is 12.3. The zero-order valence-corrected chi connectivity index (χ0v) is 26.2. The number of hydrogen-bond acceptors (Lipinski definition) is 6. The number of aromatic carboxylic acids is 1. The summed E-state index contributed by atoms with van der Waals surface area (Å²) in [6, 6.07) is 19.4. The van der Waals surface area contributed by atoms with Crippen LogP contribution in [0.4, 0.5) is 11.4 Å². The Morgan fingerprint density at radius 3 is 2.18 bits per heavy atom. The van der Waals surface area contributed by atoms with Gasteiger partial charge >= 0.3 is 5.97 Å². The van der Waals surface area contributed by atoms with Gasteiger partial charge in [0, 0.05) is 42.9 Å². The third-order valence-electron chi connectivity index (χ3n) is 7.52. The van der Waals surface area contributed by atoms with Crippen LogP contribution >= 0.6 is 0 Å². The van der Waals surface area contributed by atoms with Gasteiger partial charge in [-0.15, -0.1) is 0 Å². The van der Waals surface area contributed by atoms with Crippen LogP contribution < -0.4 is 4.90 Å². The highest BCUT2D eigenvalue weighted by Crippen LogP contribution is 2.43. The summed E-state index contributed by atoms with van der Waals surface area (Å²) >= 11 is 0. The van der Waals surface area contributed by atoms with Gasteiger partial charge in [0.05, 0.1) is 21.6 Å². The Labute approximate surface area is 262 Å². The van der Waals surface area contributed by atoms with Gasteiger partial charge < -0.3 is 5.11 Å². The molecule has 0 saturated carbocycles. The average molecular weight is 654 g/mol. The summed E-state index contributed by atoms with van der Waals surface area (Å²) in [5.74, 6) is -1.80. The number of allylic oxidation sites excluding steroid dienone is 3. The van der Waals surface area contributed by atoms with Gasteiger partial charge in [0.15, 0.2) is 5.71 Å².